The van der Waals surface area contributed by atoms with Gasteiger partial charge in [-0.2, -0.15) is 0 Å². The summed E-state index contributed by atoms with van der Waals surface area (Å²) in [6.45, 7) is 3.14. The van der Waals surface area contributed by atoms with Gasteiger partial charge in [-0.05, 0) is 48.5 Å². The zero-order valence-electron chi connectivity index (χ0n) is 14.2. The first-order chi connectivity index (χ1) is 12.2. The monoisotopic (exact) mass is 358 g/mol. The fourth-order valence-corrected chi connectivity index (χ4v) is 3.59. The largest absolute Gasteiger partial charge is 0.508 e. The highest BCUT2D eigenvalue weighted by atomic mass is 32.2. The van der Waals surface area contributed by atoms with Crippen LogP contribution in [0.1, 0.15) is 0 Å². The van der Waals surface area contributed by atoms with Crippen LogP contribution < -0.4 is 9.64 Å². The predicted octanol–water partition coefficient (Wildman–Crippen LogP) is 2.84. The molecule has 6 heteroatoms. The van der Waals surface area contributed by atoms with Gasteiger partial charge in [0.2, 0.25) is 5.91 Å². The molecule has 1 heterocycles. The molecule has 25 heavy (non-hydrogen) atoms. The Morgan fingerprint density at radius 3 is 2.28 bits per heavy atom. The third kappa shape index (κ3) is 4.60. The molecule has 2 aromatic carbocycles. The summed E-state index contributed by atoms with van der Waals surface area (Å²) in [4.78, 5) is 17.6. The number of phenolic OH excluding ortho intramolecular Hbond substituents is 1. The predicted molar refractivity (Wildman–Crippen MR) is 101 cm³/mol. The minimum Gasteiger partial charge on any atom is -0.508 e. The van der Waals surface area contributed by atoms with E-state index in [1.54, 1.807) is 19.2 Å². The Morgan fingerprint density at radius 1 is 1.04 bits per heavy atom. The van der Waals surface area contributed by atoms with Gasteiger partial charge in [0, 0.05) is 36.8 Å². The molecular weight excluding hydrogens is 336 g/mol. The quantitative estimate of drug-likeness (QED) is 0.833. The van der Waals surface area contributed by atoms with Crippen molar-refractivity contribution in [2.24, 2.45) is 0 Å². The molecule has 0 atom stereocenters. The number of piperazine rings is 1. The van der Waals surface area contributed by atoms with Gasteiger partial charge in [0.05, 0.1) is 12.9 Å². The van der Waals surface area contributed by atoms with Gasteiger partial charge in [-0.3, -0.25) is 4.79 Å². The van der Waals surface area contributed by atoms with Crippen molar-refractivity contribution in [1.29, 1.82) is 0 Å². The lowest BCUT2D eigenvalue weighted by atomic mass is 10.2. The van der Waals surface area contributed by atoms with Gasteiger partial charge in [-0.25, -0.2) is 0 Å². The number of anilines is 1. The Morgan fingerprint density at radius 2 is 1.68 bits per heavy atom. The van der Waals surface area contributed by atoms with Crippen LogP contribution in [0.25, 0.3) is 0 Å². The molecule has 0 radical (unpaired) electrons. The summed E-state index contributed by atoms with van der Waals surface area (Å²) in [6, 6.07) is 15.0. The zero-order chi connectivity index (χ0) is 17.6. The van der Waals surface area contributed by atoms with Gasteiger partial charge in [0.25, 0.3) is 0 Å². The smallest absolute Gasteiger partial charge is 0.233 e. The molecule has 1 N–H and O–H groups in total. The summed E-state index contributed by atoms with van der Waals surface area (Å²) < 4.78 is 5.19. The molecule has 0 spiro atoms. The molecule has 5 nitrogen and oxygen atoms in total. The number of hydrogen-bond acceptors (Lipinski definition) is 5. The van der Waals surface area contributed by atoms with Crippen LogP contribution in [-0.4, -0.2) is 55.0 Å². The molecule has 1 aliphatic heterocycles. The molecule has 132 valence electrons. The second-order valence-electron chi connectivity index (χ2n) is 5.85. The molecule has 2 aromatic rings. The van der Waals surface area contributed by atoms with Crippen molar-refractivity contribution in [2.75, 3.05) is 43.9 Å². The number of aromatic hydroxyl groups is 1. The number of amides is 1. The highest BCUT2D eigenvalue weighted by molar-refractivity contribution is 8.00. The number of nitrogens with zero attached hydrogens (tertiary/aromatic N) is 2. The first kappa shape index (κ1) is 17.5. The molecule has 0 bridgehead atoms. The lowest BCUT2D eigenvalue weighted by Crippen LogP contribution is -2.49. The average molecular weight is 358 g/mol. The van der Waals surface area contributed by atoms with Crippen molar-refractivity contribution in [1.82, 2.24) is 4.90 Å². The van der Waals surface area contributed by atoms with Crippen LogP contribution in [0.4, 0.5) is 5.69 Å². The minimum absolute atomic E-state index is 0.160. The van der Waals surface area contributed by atoms with Crippen molar-refractivity contribution in [2.45, 2.75) is 4.90 Å². The van der Waals surface area contributed by atoms with E-state index in [9.17, 15) is 9.90 Å². The standard InChI is InChI=1S/C19H22N2O3S/c1-24-17-6-2-15(3-7-17)20-10-12-21(13-11-20)19(23)14-25-18-8-4-16(22)5-9-18/h2-9,22H,10-14H2,1H3. The van der Waals surface area contributed by atoms with Crippen LogP contribution in [0.2, 0.25) is 0 Å². The Bertz CT molecular complexity index is 696. The van der Waals surface area contributed by atoms with Crippen LogP contribution in [0.15, 0.2) is 53.4 Å². The SMILES string of the molecule is COc1ccc(N2CCN(C(=O)CSc3ccc(O)cc3)CC2)cc1. The van der Waals surface area contributed by atoms with Crippen LogP contribution in [-0.2, 0) is 4.79 Å². The van der Waals surface area contributed by atoms with E-state index in [2.05, 4.69) is 17.0 Å². The molecule has 1 saturated heterocycles. The van der Waals surface area contributed by atoms with E-state index >= 15 is 0 Å². The van der Waals surface area contributed by atoms with E-state index in [0.29, 0.717) is 5.75 Å². The van der Waals surface area contributed by atoms with E-state index < -0.39 is 0 Å². The fraction of sp³-hybridized carbons (Fsp3) is 0.316. The number of ether oxygens (including phenoxy) is 1. The van der Waals surface area contributed by atoms with E-state index in [1.165, 1.54) is 11.8 Å². The molecule has 1 fully saturated rings. The number of phenols is 1. The van der Waals surface area contributed by atoms with E-state index in [-0.39, 0.29) is 11.7 Å². The molecule has 0 aliphatic carbocycles. The molecule has 1 amide bonds. The minimum atomic E-state index is 0.160. The molecule has 3 rings (SSSR count). The van der Waals surface area contributed by atoms with Gasteiger partial charge in [-0.15, -0.1) is 11.8 Å². The summed E-state index contributed by atoms with van der Waals surface area (Å²) in [5.74, 6) is 1.68. The molecule has 0 aromatic heterocycles. The lowest BCUT2D eigenvalue weighted by molar-refractivity contribution is -0.128. The van der Waals surface area contributed by atoms with Gasteiger partial charge in [0.15, 0.2) is 0 Å². The van der Waals surface area contributed by atoms with Gasteiger partial charge < -0.3 is 19.6 Å². The summed E-state index contributed by atoms with van der Waals surface area (Å²) in [5, 5.41) is 9.29. The Kier molecular flexibility index (Phi) is 5.71. The Hall–Kier alpha value is -2.34. The summed E-state index contributed by atoms with van der Waals surface area (Å²) >= 11 is 1.50. The van der Waals surface area contributed by atoms with Gasteiger partial charge >= 0.3 is 0 Å². The van der Waals surface area contributed by atoms with Gasteiger partial charge in [0.1, 0.15) is 11.5 Å². The topological polar surface area (TPSA) is 53.0 Å². The number of benzene rings is 2. The van der Waals surface area contributed by atoms with Crippen LogP contribution in [0.3, 0.4) is 0 Å². The van der Waals surface area contributed by atoms with Crippen molar-refractivity contribution in [3.63, 3.8) is 0 Å². The number of methoxy groups -OCH3 is 1. The second-order valence-corrected chi connectivity index (χ2v) is 6.90. The van der Waals surface area contributed by atoms with Crippen molar-refractivity contribution >= 4 is 23.4 Å². The Balaban J connectivity index is 1.47. The van der Waals surface area contributed by atoms with E-state index in [0.717, 1.165) is 42.5 Å². The third-order valence-corrected chi connectivity index (χ3v) is 5.27. The highest BCUT2D eigenvalue weighted by Gasteiger charge is 2.21. The fourth-order valence-electron chi connectivity index (χ4n) is 2.79. The van der Waals surface area contributed by atoms with Crippen LogP contribution in [0.5, 0.6) is 11.5 Å². The highest BCUT2D eigenvalue weighted by Crippen LogP contribution is 2.23. The van der Waals surface area contributed by atoms with Crippen molar-refractivity contribution in [3.8, 4) is 11.5 Å². The van der Waals surface area contributed by atoms with Crippen LogP contribution >= 0.6 is 11.8 Å². The third-order valence-electron chi connectivity index (χ3n) is 4.27. The lowest BCUT2D eigenvalue weighted by Gasteiger charge is -2.36. The normalized spacial score (nSPS) is 14.4. The molecule has 1 aliphatic rings. The number of hydrogen-bond donors (Lipinski definition) is 1. The number of thioether (sulfide) groups is 1. The van der Waals surface area contributed by atoms with Crippen molar-refractivity contribution < 1.29 is 14.6 Å². The second kappa shape index (κ2) is 8.16. The first-order valence-electron chi connectivity index (χ1n) is 8.24. The maximum absolute atomic E-state index is 12.4. The molecular formula is C19H22N2O3S. The maximum atomic E-state index is 12.4. The molecule has 0 unspecified atom stereocenters. The van der Waals surface area contributed by atoms with Crippen molar-refractivity contribution in [3.05, 3.63) is 48.5 Å². The van der Waals surface area contributed by atoms with E-state index in [1.807, 2.05) is 29.2 Å². The Labute approximate surface area is 152 Å². The summed E-state index contributed by atoms with van der Waals surface area (Å²) in [6.07, 6.45) is 0. The summed E-state index contributed by atoms with van der Waals surface area (Å²) in [5.41, 5.74) is 1.16. The van der Waals surface area contributed by atoms with Crippen LogP contribution in [0, 0.1) is 0 Å². The first-order valence-corrected chi connectivity index (χ1v) is 9.23. The number of rotatable bonds is 5. The number of carbonyl (C=O) groups is 1. The van der Waals surface area contributed by atoms with E-state index in [4.69, 9.17) is 4.74 Å². The van der Waals surface area contributed by atoms with Gasteiger partial charge in [-0.1, -0.05) is 0 Å². The number of carbonyl (C=O) groups excluding carboxylic acids is 1. The average Bonchev–Trinajstić information content (AvgIpc) is 2.67. The maximum Gasteiger partial charge on any atom is 0.233 e. The molecule has 0 saturated carbocycles. The summed E-state index contributed by atoms with van der Waals surface area (Å²) in [7, 11) is 1.66. The zero-order valence-corrected chi connectivity index (χ0v) is 15.0.